The second-order valence-corrected chi connectivity index (χ2v) is 5.39. The summed E-state index contributed by atoms with van der Waals surface area (Å²) in [5.41, 5.74) is 0. The molecule has 15 heavy (non-hydrogen) atoms. The summed E-state index contributed by atoms with van der Waals surface area (Å²) in [5.74, 6) is 1.52. The molecule has 0 fully saturated rings. The van der Waals surface area contributed by atoms with Crippen LogP contribution in [0, 0.1) is 23.7 Å². The minimum absolute atomic E-state index is 0.123. The van der Waals surface area contributed by atoms with Crippen LogP contribution in [0.25, 0.3) is 0 Å². The fraction of sp³-hybridized carbons (Fsp3) is 0.923. The van der Waals surface area contributed by atoms with E-state index in [0.29, 0.717) is 24.0 Å². The third kappa shape index (κ3) is 5.93. The van der Waals surface area contributed by atoms with E-state index >= 15 is 0 Å². The first-order valence-corrected chi connectivity index (χ1v) is 6.02. The van der Waals surface area contributed by atoms with Gasteiger partial charge in [-0.05, 0) is 24.2 Å². The van der Waals surface area contributed by atoms with Gasteiger partial charge in [-0.15, -0.1) is 0 Å². The molecule has 0 bridgehead atoms. The van der Waals surface area contributed by atoms with Crippen molar-refractivity contribution in [2.24, 2.45) is 23.7 Å². The van der Waals surface area contributed by atoms with Crippen molar-refractivity contribution in [3.05, 3.63) is 0 Å². The zero-order valence-corrected chi connectivity index (χ0v) is 10.8. The van der Waals surface area contributed by atoms with E-state index in [2.05, 4.69) is 27.7 Å². The average Bonchev–Trinajstić information content (AvgIpc) is 2.11. The molecule has 0 aliphatic carbocycles. The first-order valence-electron chi connectivity index (χ1n) is 6.02. The molecule has 0 rings (SSSR count). The van der Waals surface area contributed by atoms with Crippen molar-refractivity contribution in [2.75, 3.05) is 6.61 Å². The molecular formula is C13H26O2. The van der Waals surface area contributed by atoms with Gasteiger partial charge in [-0.3, -0.25) is 4.79 Å². The van der Waals surface area contributed by atoms with Crippen molar-refractivity contribution < 1.29 is 9.90 Å². The van der Waals surface area contributed by atoms with Crippen LogP contribution in [0.3, 0.4) is 0 Å². The largest absolute Gasteiger partial charge is 0.396 e. The summed E-state index contributed by atoms with van der Waals surface area (Å²) in [6.45, 7) is 10.5. The minimum Gasteiger partial charge on any atom is -0.396 e. The molecule has 0 heterocycles. The Morgan fingerprint density at radius 2 is 1.67 bits per heavy atom. The summed E-state index contributed by atoms with van der Waals surface area (Å²) < 4.78 is 0. The van der Waals surface area contributed by atoms with Crippen LogP contribution in [0.4, 0.5) is 0 Å². The molecule has 0 radical (unpaired) electrons. The number of aliphatic hydroxyl groups is 1. The summed E-state index contributed by atoms with van der Waals surface area (Å²) in [6, 6.07) is 0. The van der Waals surface area contributed by atoms with Crippen LogP contribution in [-0.2, 0) is 4.79 Å². The average molecular weight is 214 g/mol. The quantitative estimate of drug-likeness (QED) is 0.707. The van der Waals surface area contributed by atoms with Crippen LogP contribution in [0.15, 0.2) is 0 Å². The Hall–Kier alpha value is -0.370. The van der Waals surface area contributed by atoms with Gasteiger partial charge in [0.1, 0.15) is 5.78 Å². The van der Waals surface area contributed by atoms with Gasteiger partial charge in [-0.25, -0.2) is 0 Å². The fourth-order valence-corrected chi connectivity index (χ4v) is 1.81. The molecule has 90 valence electrons. The first-order chi connectivity index (χ1) is 6.88. The normalized spacial score (nSPS) is 15.7. The minimum atomic E-state index is 0.123. The Morgan fingerprint density at radius 1 is 1.13 bits per heavy atom. The van der Waals surface area contributed by atoms with E-state index in [0.717, 1.165) is 6.42 Å². The first kappa shape index (κ1) is 14.6. The fourth-order valence-electron chi connectivity index (χ4n) is 1.81. The molecule has 0 amide bonds. The van der Waals surface area contributed by atoms with Crippen LogP contribution in [0.1, 0.15) is 47.5 Å². The smallest absolute Gasteiger partial charge is 0.136 e. The van der Waals surface area contributed by atoms with Crippen LogP contribution >= 0.6 is 0 Å². The Morgan fingerprint density at radius 3 is 2.00 bits per heavy atom. The number of hydrogen-bond donors (Lipinski definition) is 1. The lowest BCUT2D eigenvalue weighted by atomic mass is 9.85. The second kappa shape index (κ2) is 7.00. The van der Waals surface area contributed by atoms with Gasteiger partial charge in [0.25, 0.3) is 0 Å². The molecule has 0 saturated heterocycles. The Kier molecular flexibility index (Phi) is 6.82. The maximum absolute atomic E-state index is 11.8. The number of ketones is 1. The van der Waals surface area contributed by atoms with Gasteiger partial charge < -0.3 is 5.11 Å². The molecule has 2 unspecified atom stereocenters. The highest BCUT2D eigenvalue weighted by Crippen LogP contribution is 2.20. The molecule has 0 aliphatic rings. The molecular weight excluding hydrogens is 188 g/mol. The van der Waals surface area contributed by atoms with E-state index in [1.807, 2.05) is 6.92 Å². The summed E-state index contributed by atoms with van der Waals surface area (Å²) in [4.78, 5) is 11.8. The molecule has 0 saturated carbocycles. The summed E-state index contributed by atoms with van der Waals surface area (Å²) >= 11 is 0. The number of carbonyl (C=O) groups is 1. The lowest BCUT2D eigenvalue weighted by molar-refractivity contribution is -0.124. The van der Waals surface area contributed by atoms with Crippen molar-refractivity contribution in [1.82, 2.24) is 0 Å². The molecule has 0 aromatic carbocycles. The van der Waals surface area contributed by atoms with Crippen molar-refractivity contribution in [2.45, 2.75) is 47.5 Å². The van der Waals surface area contributed by atoms with Crippen molar-refractivity contribution in [1.29, 1.82) is 0 Å². The van der Waals surface area contributed by atoms with E-state index in [1.54, 1.807) is 0 Å². The van der Waals surface area contributed by atoms with Gasteiger partial charge in [0.2, 0.25) is 0 Å². The van der Waals surface area contributed by atoms with E-state index < -0.39 is 0 Å². The lowest BCUT2D eigenvalue weighted by Gasteiger charge is -2.20. The number of carbonyl (C=O) groups excluding carboxylic acids is 1. The molecule has 1 N–H and O–H groups in total. The third-order valence-corrected chi connectivity index (χ3v) is 3.02. The van der Waals surface area contributed by atoms with Crippen LogP contribution in [-0.4, -0.2) is 17.5 Å². The molecule has 2 atom stereocenters. The van der Waals surface area contributed by atoms with Gasteiger partial charge in [-0.2, -0.15) is 0 Å². The van der Waals surface area contributed by atoms with Crippen LogP contribution in [0.5, 0.6) is 0 Å². The van der Waals surface area contributed by atoms with Gasteiger partial charge in [0, 0.05) is 18.9 Å². The number of aliphatic hydroxyl groups excluding tert-OH is 1. The van der Waals surface area contributed by atoms with Crippen molar-refractivity contribution in [3.8, 4) is 0 Å². The maximum atomic E-state index is 11.8. The predicted molar refractivity (Wildman–Crippen MR) is 63.7 cm³/mol. The molecule has 2 nitrogen and oxygen atoms in total. The zero-order valence-electron chi connectivity index (χ0n) is 10.8. The molecule has 2 heteroatoms. The zero-order chi connectivity index (χ0) is 12.0. The number of hydrogen-bond acceptors (Lipinski definition) is 2. The summed E-state index contributed by atoms with van der Waals surface area (Å²) in [7, 11) is 0. The standard InChI is InChI=1S/C13H26O2/c1-9(2)6-11(5)13(15)7-12(8-14)10(3)4/h9-12,14H,6-8H2,1-5H3. The maximum Gasteiger partial charge on any atom is 0.136 e. The highest BCUT2D eigenvalue weighted by molar-refractivity contribution is 5.80. The molecule has 0 aliphatic heterocycles. The van der Waals surface area contributed by atoms with Gasteiger partial charge >= 0.3 is 0 Å². The Bertz CT molecular complexity index is 185. The monoisotopic (exact) mass is 214 g/mol. The molecule has 0 spiro atoms. The number of Topliss-reactive ketones (excluding diaryl/α,β-unsaturated/α-hetero) is 1. The van der Waals surface area contributed by atoms with E-state index in [1.165, 1.54) is 0 Å². The highest BCUT2D eigenvalue weighted by atomic mass is 16.3. The SMILES string of the molecule is CC(C)CC(C)C(=O)CC(CO)C(C)C. The van der Waals surface area contributed by atoms with Gasteiger partial charge in [-0.1, -0.05) is 34.6 Å². The summed E-state index contributed by atoms with van der Waals surface area (Å²) in [5, 5.41) is 9.16. The Balaban J connectivity index is 4.10. The highest BCUT2D eigenvalue weighted by Gasteiger charge is 2.21. The second-order valence-electron chi connectivity index (χ2n) is 5.39. The van der Waals surface area contributed by atoms with E-state index in [4.69, 9.17) is 5.11 Å². The predicted octanol–water partition coefficient (Wildman–Crippen LogP) is 2.89. The molecule has 0 aromatic rings. The van der Waals surface area contributed by atoms with Gasteiger partial charge in [0.15, 0.2) is 0 Å². The Labute approximate surface area is 94.1 Å². The van der Waals surface area contributed by atoms with Crippen LogP contribution < -0.4 is 0 Å². The van der Waals surface area contributed by atoms with E-state index in [9.17, 15) is 4.79 Å². The summed E-state index contributed by atoms with van der Waals surface area (Å²) in [6.07, 6.45) is 1.48. The van der Waals surface area contributed by atoms with Crippen molar-refractivity contribution in [3.63, 3.8) is 0 Å². The van der Waals surface area contributed by atoms with Crippen LogP contribution in [0.2, 0.25) is 0 Å². The molecule has 0 aromatic heterocycles. The van der Waals surface area contributed by atoms with Gasteiger partial charge in [0.05, 0.1) is 0 Å². The number of rotatable bonds is 7. The van der Waals surface area contributed by atoms with Crippen molar-refractivity contribution >= 4 is 5.78 Å². The lowest BCUT2D eigenvalue weighted by Crippen LogP contribution is -2.22. The van der Waals surface area contributed by atoms with E-state index in [-0.39, 0.29) is 18.4 Å². The third-order valence-electron chi connectivity index (χ3n) is 3.02. The topological polar surface area (TPSA) is 37.3 Å².